The molecule has 1 atom stereocenters. The fourth-order valence-electron chi connectivity index (χ4n) is 2.54. The van der Waals surface area contributed by atoms with Gasteiger partial charge < -0.3 is 10.2 Å². The molecule has 1 aliphatic rings. The van der Waals surface area contributed by atoms with Gasteiger partial charge in [0.1, 0.15) is 5.82 Å². The number of benzene rings is 1. The van der Waals surface area contributed by atoms with Crippen LogP contribution in [0.15, 0.2) is 22.7 Å². The lowest BCUT2D eigenvalue weighted by Crippen LogP contribution is -2.48. The molecule has 1 aliphatic heterocycles. The minimum absolute atomic E-state index is 0.0914. The van der Waals surface area contributed by atoms with E-state index < -0.39 is 5.82 Å². The Morgan fingerprint density at radius 2 is 2.32 bits per heavy atom. The van der Waals surface area contributed by atoms with E-state index in [1.165, 1.54) is 6.07 Å². The van der Waals surface area contributed by atoms with E-state index in [4.69, 9.17) is 0 Å². The van der Waals surface area contributed by atoms with E-state index in [2.05, 4.69) is 21.2 Å². The van der Waals surface area contributed by atoms with Gasteiger partial charge in [-0.2, -0.15) is 0 Å². The van der Waals surface area contributed by atoms with E-state index in [1.807, 2.05) is 11.9 Å². The van der Waals surface area contributed by atoms with Gasteiger partial charge in [0.2, 0.25) is 0 Å². The van der Waals surface area contributed by atoms with Crippen LogP contribution in [0.5, 0.6) is 0 Å². The van der Waals surface area contributed by atoms with Crippen LogP contribution in [0.1, 0.15) is 29.6 Å². The highest BCUT2D eigenvalue weighted by Gasteiger charge is 2.28. The Hall–Kier alpha value is -0.940. The number of carbonyl (C=O) groups is 1. The maximum absolute atomic E-state index is 13.5. The van der Waals surface area contributed by atoms with Crippen molar-refractivity contribution in [1.82, 2.24) is 10.2 Å². The number of hydrogen-bond acceptors (Lipinski definition) is 2. The van der Waals surface area contributed by atoms with E-state index in [0.717, 1.165) is 32.4 Å². The second-order valence-corrected chi connectivity index (χ2v) is 5.60. The predicted molar refractivity (Wildman–Crippen MR) is 76.7 cm³/mol. The maximum atomic E-state index is 13.5. The normalized spacial score (nSPS) is 19.5. The number of nitrogens with one attached hydrogen (secondary N) is 1. The fourth-order valence-corrected chi connectivity index (χ4v) is 2.97. The zero-order valence-electron chi connectivity index (χ0n) is 11.0. The first-order valence-corrected chi connectivity index (χ1v) is 7.34. The molecule has 0 radical (unpaired) electrons. The smallest absolute Gasteiger partial charge is 0.255 e. The van der Waals surface area contributed by atoms with Crippen molar-refractivity contribution < 1.29 is 9.18 Å². The molecule has 1 amide bonds. The molecule has 1 unspecified atom stereocenters. The Labute approximate surface area is 121 Å². The summed E-state index contributed by atoms with van der Waals surface area (Å²) in [4.78, 5) is 14.4. The largest absolute Gasteiger partial charge is 0.334 e. The molecule has 3 nitrogen and oxygen atoms in total. The molecule has 0 aromatic heterocycles. The van der Waals surface area contributed by atoms with Gasteiger partial charge in [0.25, 0.3) is 5.91 Å². The molecule has 19 heavy (non-hydrogen) atoms. The highest BCUT2D eigenvalue weighted by atomic mass is 79.9. The van der Waals surface area contributed by atoms with Gasteiger partial charge in [-0.3, -0.25) is 4.79 Å². The van der Waals surface area contributed by atoms with Crippen LogP contribution in [-0.4, -0.2) is 37.0 Å². The molecule has 1 aromatic rings. The van der Waals surface area contributed by atoms with Crippen molar-refractivity contribution in [2.75, 3.05) is 20.1 Å². The molecule has 1 fully saturated rings. The van der Waals surface area contributed by atoms with Gasteiger partial charge in [0.05, 0.1) is 10.0 Å². The number of hydrogen-bond donors (Lipinski definition) is 1. The predicted octanol–water partition coefficient (Wildman–Crippen LogP) is 2.80. The Balaban J connectivity index is 2.23. The molecule has 1 heterocycles. The van der Waals surface area contributed by atoms with Crippen molar-refractivity contribution in [3.63, 3.8) is 0 Å². The maximum Gasteiger partial charge on any atom is 0.255 e. The molecular formula is C14H18BrFN2O. The van der Waals surface area contributed by atoms with Gasteiger partial charge in [-0.15, -0.1) is 0 Å². The summed E-state index contributed by atoms with van der Waals surface area (Å²) in [7, 11) is 1.88. The average molecular weight is 329 g/mol. The summed E-state index contributed by atoms with van der Waals surface area (Å²) in [5, 5.41) is 3.12. The minimum Gasteiger partial charge on any atom is -0.334 e. The molecule has 0 spiro atoms. The van der Waals surface area contributed by atoms with E-state index >= 15 is 0 Å². The van der Waals surface area contributed by atoms with Crippen LogP contribution in [0.3, 0.4) is 0 Å². The van der Waals surface area contributed by atoms with Gasteiger partial charge in [-0.05, 0) is 54.4 Å². The zero-order valence-corrected chi connectivity index (χ0v) is 12.5. The molecule has 5 heteroatoms. The molecule has 2 rings (SSSR count). The number of halogens is 2. The van der Waals surface area contributed by atoms with Crippen LogP contribution in [0.25, 0.3) is 0 Å². The summed E-state index contributed by atoms with van der Waals surface area (Å²) in [6.07, 6.45) is 3.15. The summed E-state index contributed by atoms with van der Waals surface area (Å²) >= 11 is 3.17. The topological polar surface area (TPSA) is 32.3 Å². The van der Waals surface area contributed by atoms with E-state index in [-0.39, 0.29) is 16.4 Å². The Morgan fingerprint density at radius 1 is 1.53 bits per heavy atom. The molecule has 1 saturated heterocycles. The number of nitrogens with zero attached hydrogens (tertiary/aromatic N) is 1. The quantitative estimate of drug-likeness (QED) is 0.925. The monoisotopic (exact) mass is 328 g/mol. The molecule has 1 aromatic carbocycles. The van der Waals surface area contributed by atoms with Crippen molar-refractivity contribution in [2.24, 2.45) is 0 Å². The first kappa shape index (κ1) is 14.5. The molecular weight excluding hydrogens is 311 g/mol. The second kappa shape index (κ2) is 6.48. The molecule has 1 N–H and O–H groups in total. The first-order valence-electron chi connectivity index (χ1n) is 6.54. The van der Waals surface area contributed by atoms with Gasteiger partial charge in [-0.1, -0.05) is 6.07 Å². The van der Waals surface area contributed by atoms with Crippen molar-refractivity contribution in [3.05, 3.63) is 34.1 Å². The highest BCUT2D eigenvalue weighted by Crippen LogP contribution is 2.25. The molecule has 0 bridgehead atoms. The van der Waals surface area contributed by atoms with Crippen LogP contribution in [0, 0.1) is 5.82 Å². The fraction of sp³-hybridized carbons (Fsp3) is 0.500. The van der Waals surface area contributed by atoms with E-state index in [9.17, 15) is 9.18 Å². The van der Waals surface area contributed by atoms with E-state index in [0.29, 0.717) is 5.56 Å². The van der Waals surface area contributed by atoms with Crippen LogP contribution in [0.2, 0.25) is 0 Å². The molecule has 104 valence electrons. The lowest BCUT2D eigenvalue weighted by atomic mass is 10.0. The van der Waals surface area contributed by atoms with Crippen LogP contribution < -0.4 is 5.32 Å². The molecule has 0 saturated carbocycles. The summed E-state index contributed by atoms with van der Waals surface area (Å²) in [5.41, 5.74) is 0.406. The second-order valence-electron chi connectivity index (χ2n) is 4.81. The van der Waals surface area contributed by atoms with Crippen molar-refractivity contribution >= 4 is 21.8 Å². The van der Waals surface area contributed by atoms with Crippen LogP contribution >= 0.6 is 15.9 Å². The lowest BCUT2D eigenvalue weighted by Gasteiger charge is -2.36. The van der Waals surface area contributed by atoms with Crippen molar-refractivity contribution in [2.45, 2.75) is 25.3 Å². The van der Waals surface area contributed by atoms with Crippen LogP contribution in [-0.2, 0) is 0 Å². The minimum atomic E-state index is -0.395. The number of likely N-dealkylation sites (N-methyl/N-ethyl adjacent to an activating group) is 1. The average Bonchev–Trinajstić information content (AvgIpc) is 2.42. The summed E-state index contributed by atoms with van der Waals surface area (Å²) in [6, 6.07) is 4.79. The number of piperidine rings is 1. The van der Waals surface area contributed by atoms with Gasteiger partial charge >= 0.3 is 0 Å². The number of amides is 1. The third-order valence-corrected chi connectivity index (χ3v) is 4.32. The Kier molecular flexibility index (Phi) is 4.93. The number of carbonyl (C=O) groups excluding carboxylic acids is 1. The van der Waals surface area contributed by atoms with Gasteiger partial charge in [0, 0.05) is 19.1 Å². The van der Waals surface area contributed by atoms with E-state index in [1.54, 1.807) is 12.1 Å². The van der Waals surface area contributed by atoms with Gasteiger partial charge in [-0.25, -0.2) is 4.39 Å². The lowest BCUT2D eigenvalue weighted by molar-refractivity contribution is 0.0613. The Morgan fingerprint density at radius 3 is 3.05 bits per heavy atom. The standard InChI is InChI=1S/C14H18BrFN2O/c1-17-9-10-5-2-3-8-18(10)14(19)11-6-4-7-12(16)13(11)15/h4,6-7,10,17H,2-3,5,8-9H2,1H3. The summed E-state index contributed by atoms with van der Waals surface area (Å²) in [6.45, 7) is 1.52. The highest BCUT2D eigenvalue weighted by molar-refractivity contribution is 9.10. The SMILES string of the molecule is CNCC1CCCCN1C(=O)c1cccc(F)c1Br. The zero-order chi connectivity index (χ0) is 13.8. The van der Waals surface area contributed by atoms with Crippen molar-refractivity contribution in [3.8, 4) is 0 Å². The summed E-state index contributed by atoms with van der Waals surface area (Å²) < 4.78 is 13.8. The Bertz CT molecular complexity index is 465. The number of rotatable bonds is 3. The molecule has 0 aliphatic carbocycles. The summed E-state index contributed by atoms with van der Waals surface area (Å²) in [5.74, 6) is -0.487. The first-order chi connectivity index (χ1) is 9.15. The van der Waals surface area contributed by atoms with Crippen LogP contribution in [0.4, 0.5) is 4.39 Å². The third-order valence-electron chi connectivity index (χ3n) is 3.51. The van der Waals surface area contributed by atoms with Gasteiger partial charge in [0.15, 0.2) is 0 Å². The van der Waals surface area contributed by atoms with Crippen molar-refractivity contribution in [1.29, 1.82) is 0 Å². The number of likely N-dealkylation sites (tertiary alicyclic amines) is 1. The third kappa shape index (κ3) is 3.15.